The van der Waals surface area contributed by atoms with Crippen LogP contribution in [0.25, 0.3) is 0 Å². The van der Waals surface area contributed by atoms with Gasteiger partial charge in [0.15, 0.2) is 0 Å². The molecule has 9 fully saturated rings. The summed E-state index contributed by atoms with van der Waals surface area (Å²) in [6.45, 7) is 2.68. The maximum Gasteiger partial charge on any atom is 0.0101 e. The van der Waals surface area contributed by atoms with Crippen molar-refractivity contribution in [1.82, 2.24) is 9.80 Å². The zero-order chi connectivity index (χ0) is 35.6. The van der Waals surface area contributed by atoms with Gasteiger partial charge in [0.2, 0.25) is 0 Å². The van der Waals surface area contributed by atoms with Gasteiger partial charge in [-0.25, -0.2) is 0 Å². The molecule has 2 nitrogen and oxygen atoms in total. The summed E-state index contributed by atoms with van der Waals surface area (Å²) in [5.74, 6) is 9.65. The summed E-state index contributed by atoms with van der Waals surface area (Å²) in [4.78, 5) is 6.53. The van der Waals surface area contributed by atoms with Gasteiger partial charge in [-0.3, -0.25) is 9.80 Å². The van der Waals surface area contributed by atoms with Gasteiger partial charge in [-0.05, 0) is 182 Å². The highest BCUT2D eigenvalue weighted by Crippen LogP contribution is 2.63. The van der Waals surface area contributed by atoms with E-state index in [4.69, 9.17) is 0 Å². The molecule has 0 heterocycles. The first-order valence-corrected chi connectivity index (χ1v) is 25.8. The standard InChI is InChI=1S/C51H88N2/c1-37-26-35-48-49(36-37)51(39-29-33-45(34-30-39)53(42-20-10-4-11-21-42)43-22-12-5-13-23-43)47-25-15-14-24-46(47)50(48)38-27-31-44(32-28-38)52(40-16-6-2-7-17-40)41-18-8-3-9-19-41/h37-51H,2-36H2,1H3. The van der Waals surface area contributed by atoms with E-state index in [1.165, 1.54) is 128 Å². The molecule has 9 rings (SSSR count). The van der Waals surface area contributed by atoms with Crippen LogP contribution in [0.5, 0.6) is 0 Å². The number of fused-ring (bicyclic) bond motifs is 2. The van der Waals surface area contributed by atoms with Crippen molar-refractivity contribution in [3.8, 4) is 0 Å². The Labute approximate surface area is 329 Å². The predicted octanol–water partition coefficient (Wildman–Crippen LogP) is 14.1. The van der Waals surface area contributed by atoms with Crippen LogP contribution >= 0.6 is 0 Å². The molecule has 9 aliphatic carbocycles. The van der Waals surface area contributed by atoms with Crippen LogP contribution in [0.2, 0.25) is 0 Å². The van der Waals surface area contributed by atoms with Crippen LogP contribution in [0.4, 0.5) is 0 Å². The minimum Gasteiger partial charge on any atom is -0.294 e. The average molecular weight is 729 g/mol. The van der Waals surface area contributed by atoms with Crippen molar-refractivity contribution in [2.24, 2.45) is 53.3 Å². The summed E-state index contributed by atoms with van der Waals surface area (Å²) >= 11 is 0. The number of rotatable bonds is 8. The molecule has 302 valence electrons. The van der Waals surface area contributed by atoms with Crippen molar-refractivity contribution >= 4 is 0 Å². The lowest BCUT2D eigenvalue weighted by atomic mass is 9.44. The SMILES string of the molecule is CC1CCC2C(C1)C(C1CCC(N(C3CCCCC3)C3CCCCC3)CC1)C1CCCCC1C2C1CCC(N(C2CCCCC2)C2CCCCC2)CC1. The van der Waals surface area contributed by atoms with E-state index in [9.17, 15) is 0 Å². The molecule has 0 saturated heterocycles. The molecule has 2 heteroatoms. The Morgan fingerprint density at radius 1 is 0.264 bits per heavy atom. The molecule has 0 amide bonds. The second-order valence-corrected chi connectivity index (χ2v) is 22.2. The summed E-state index contributed by atoms with van der Waals surface area (Å²) < 4.78 is 0. The quantitative estimate of drug-likeness (QED) is 0.245. The fourth-order valence-corrected chi connectivity index (χ4v) is 17.4. The molecule has 0 aromatic rings. The van der Waals surface area contributed by atoms with Crippen LogP contribution in [0, 0.1) is 53.3 Å². The Hall–Kier alpha value is -0.0800. The van der Waals surface area contributed by atoms with Crippen LogP contribution in [-0.4, -0.2) is 46.1 Å². The Kier molecular flexibility index (Phi) is 13.2. The second kappa shape index (κ2) is 18.2. The van der Waals surface area contributed by atoms with Crippen molar-refractivity contribution < 1.29 is 0 Å². The van der Waals surface area contributed by atoms with Crippen molar-refractivity contribution in [3.05, 3.63) is 0 Å². The number of hydrogen-bond acceptors (Lipinski definition) is 2. The summed E-state index contributed by atoms with van der Waals surface area (Å²) in [6, 6.07) is 5.58. The Bertz CT molecular complexity index is 1040. The van der Waals surface area contributed by atoms with Gasteiger partial charge < -0.3 is 0 Å². The van der Waals surface area contributed by atoms with E-state index >= 15 is 0 Å². The lowest BCUT2D eigenvalue weighted by Crippen LogP contribution is -2.56. The van der Waals surface area contributed by atoms with Crippen LogP contribution in [0.1, 0.15) is 232 Å². The maximum atomic E-state index is 3.26. The van der Waals surface area contributed by atoms with Gasteiger partial charge in [-0.1, -0.05) is 103 Å². The summed E-state index contributed by atoms with van der Waals surface area (Å²) in [6.07, 6.45) is 54.1. The topological polar surface area (TPSA) is 6.48 Å². The van der Waals surface area contributed by atoms with Crippen molar-refractivity contribution in [3.63, 3.8) is 0 Å². The van der Waals surface area contributed by atoms with Crippen molar-refractivity contribution in [1.29, 1.82) is 0 Å². The monoisotopic (exact) mass is 729 g/mol. The van der Waals surface area contributed by atoms with Crippen LogP contribution in [0.15, 0.2) is 0 Å². The van der Waals surface area contributed by atoms with Crippen LogP contribution in [0.3, 0.4) is 0 Å². The van der Waals surface area contributed by atoms with E-state index in [0.717, 1.165) is 89.5 Å². The highest BCUT2D eigenvalue weighted by molar-refractivity contribution is 5.05. The third-order valence-electron chi connectivity index (χ3n) is 19.5. The number of hydrogen-bond donors (Lipinski definition) is 0. The van der Waals surface area contributed by atoms with E-state index in [1.54, 1.807) is 96.3 Å². The summed E-state index contributed by atoms with van der Waals surface area (Å²) in [5.41, 5.74) is 0. The molecular formula is C51H88N2. The Balaban J connectivity index is 0.901. The zero-order valence-corrected chi connectivity index (χ0v) is 35.3. The molecule has 0 N–H and O–H groups in total. The second-order valence-electron chi connectivity index (χ2n) is 22.2. The lowest BCUT2D eigenvalue weighted by Gasteiger charge is -2.61. The molecule has 53 heavy (non-hydrogen) atoms. The smallest absolute Gasteiger partial charge is 0.0101 e. The van der Waals surface area contributed by atoms with Gasteiger partial charge in [0.1, 0.15) is 0 Å². The fourth-order valence-electron chi connectivity index (χ4n) is 17.4. The van der Waals surface area contributed by atoms with Gasteiger partial charge in [-0.15, -0.1) is 0 Å². The molecule has 9 saturated carbocycles. The van der Waals surface area contributed by atoms with Crippen molar-refractivity contribution in [2.45, 2.75) is 268 Å². The predicted molar refractivity (Wildman–Crippen MR) is 225 cm³/mol. The molecule has 0 radical (unpaired) electrons. The highest BCUT2D eigenvalue weighted by Gasteiger charge is 2.56. The van der Waals surface area contributed by atoms with Gasteiger partial charge in [0, 0.05) is 36.3 Å². The number of nitrogens with zero attached hydrogens (tertiary/aromatic N) is 2. The first-order valence-electron chi connectivity index (χ1n) is 25.8. The van der Waals surface area contributed by atoms with E-state index in [1.807, 2.05) is 0 Å². The molecule has 0 aliphatic heterocycles. The normalized spacial score (nSPS) is 43.4. The van der Waals surface area contributed by atoms with E-state index < -0.39 is 0 Å². The van der Waals surface area contributed by atoms with Gasteiger partial charge in [0.25, 0.3) is 0 Å². The van der Waals surface area contributed by atoms with Crippen LogP contribution < -0.4 is 0 Å². The lowest BCUT2D eigenvalue weighted by molar-refractivity contribution is -0.124. The third kappa shape index (κ3) is 8.43. The van der Waals surface area contributed by atoms with Gasteiger partial charge in [-0.2, -0.15) is 0 Å². The third-order valence-corrected chi connectivity index (χ3v) is 19.5. The minimum atomic E-state index is 0.925. The Morgan fingerprint density at radius 2 is 0.566 bits per heavy atom. The molecule has 0 bridgehead atoms. The molecule has 0 spiro atoms. The van der Waals surface area contributed by atoms with Crippen molar-refractivity contribution in [2.75, 3.05) is 0 Å². The van der Waals surface area contributed by atoms with E-state index in [-0.39, 0.29) is 0 Å². The molecule has 7 atom stereocenters. The fraction of sp³-hybridized carbons (Fsp3) is 1.00. The molecule has 9 aliphatic rings. The van der Waals surface area contributed by atoms with Gasteiger partial charge >= 0.3 is 0 Å². The molecule has 0 aromatic carbocycles. The summed E-state index contributed by atoms with van der Waals surface area (Å²) in [7, 11) is 0. The maximum absolute atomic E-state index is 3.26. The van der Waals surface area contributed by atoms with E-state index in [0.29, 0.717) is 0 Å². The highest BCUT2D eigenvalue weighted by atomic mass is 15.2. The molecule has 7 unspecified atom stereocenters. The largest absolute Gasteiger partial charge is 0.294 e. The van der Waals surface area contributed by atoms with Crippen LogP contribution in [-0.2, 0) is 0 Å². The Morgan fingerprint density at radius 3 is 0.943 bits per heavy atom. The first kappa shape index (κ1) is 38.4. The minimum absolute atomic E-state index is 0.925. The zero-order valence-electron chi connectivity index (χ0n) is 35.3. The summed E-state index contributed by atoms with van der Waals surface area (Å²) in [5, 5.41) is 0. The average Bonchev–Trinajstić information content (AvgIpc) is 3.22. The first-order chi connectivity index (χ1) is 26.2. The van der Waals surface area contributed by atoms with Gasteiger partial charge in [0.05, 0.1) is 0 Å². The molecular weight excluding hydrogens is 641 g/mol. The van der Waals surface area contributed by atoms with E-state index in [2.05, 4.69) is 16.7 Å². The molecule has 0 aromatic heterocycles.